The summed E-state index contributed by atoms with van der Waals surface area (Å²) in [6, 6.07) is 16.7. The summed E-state index contributed by atoms with van der Waals surface area (Å²) in [5, 5.41) is 7.30. The number of anilines is 1. The van der Waals surface area contributed by atoms with E-state index in [1.54, 1.807) is 4.90 Å². The Kier molecular flexibility index (Phi) is 6.27. The molecular weight excluding hydrogens is 455 g/mol. The van der Waals surface area contributed by atoms with Crippen LogP contribution < -0.4 is 5.32 Å². The minimum absolute atomic E-state index is 0.0443. The van der Waals surface area contributed by atoms with Gasteiger partial charge in [0.2, 0.25) is 0 Å². The van der Waals surface area contributed by atoms with Crippen LogP contribution in [0.25, 0.3) is 0 Å². The molecule has 184 valence electrons. The molecule has 2 aromatic carbocycles. The number of aryl methyl sites for hydroxylation is 1. The molecule has 0 bridgehead atoms. The standard InChI is InChI=1S/C26H28F3N5O/c1-18-7-9-20(10-8-18)21-15-23(26(27,28)29)34-24(30-21)16-22(31-34)25(35)33-13-11-32(12-14-33)17-19-5-3-2-4-6-19/h2-10,16,21,23,30H,11-15,17H2,1H3/t21-,23-/m1/s1. The van der Waals surface area contributed by atoms with Crippen LogP contribution in [0.3, 0.4) is 0 Å². The summed E-state index contributed by atoms with van der Waals surface area (Å²) >= 11 is 0. The Balaban J connectivity index is 1.30. The van der Waals surface area contributed by atoms with Crippen molar-refractivity contribution < 1.29 is 18.0 Å². The second-order valence-corrected chi connectivity index (χ2v) is 9.31. The zero-order valence-corrected chi connectivity index (χ0v) is 19.5. The van der Waals surface area contributed by atoms with Crippen LogP contribution in [0.1, 0.15) is 45.7 Å². The Hall–Kier alpha value is -3.33. The van der Waals surface area contributed by atoms with Crippen LogP contribution in [-0.2, 0) is 6.54 Å². The van der Waals surface area contributed by atoms with Gasteiger partial charge in [0.1, 0.15) is 5.82 Å². The van der Waals surface area contributed by atoms with Crippen LogP contribution in [0.5, 0.6) is 0 Å². The van der Waals surface area contributed by atoms with Gasteiger partial charge in [0.15, 0.2) is 11.7 Å². The molecule has 2 aliphatic heterocycles. The predicted molar refractivity (Wildman–Crippen MR) is 127 cm³/mol. The van der Waals surface area contributed by atoms with E-state index in [9.17, 15) is 18.0 Å². The Bertz CT molecular complexity index is 1170. The number of carbonyl (C=O) groups excluding carboxylic acids is 1. The predicted octanol–water partition coefficient (Wildman–Crippen LogP) is 4.81. The Labute approximate surface area is 202 Å². The molecule has 3 heterocycles. The van der Waals surface area contributed by atoms with E-state index >= 15 is 0 Å². The smallest absolute Gasteiger partial charge is 0.363 e. The molecule has 0 radical (unpaired) electrons. The van der Waals surface area contributed by atoms with E-state index < -0.39 is 18.3 Å². The van der Waals surface area contributed by atoms with Gasteiger partial charge in [0, 0.05) is 45.2 Å². The molecule has 9 heteroatoms. The minimum Gasteiger partial charge on any atom is -0.363 e. The first kappa shape index (κ1) is 23.4. The summed E-state index contributed by atoms with van der Waals surface area (Å²) in [5.41, 5.74) is 3.07. The maximum absolute atomic E-state index is 14.0. The second kappa shape index (κ2) is 9.37. The van der Waals surface area contributed by atoms with Gasteiger partial charge in [0.05, 0.1) is 6.04 Å². The third kappa shape index (κ3) is 5.05. The molecule has 0 unspecified atom stereocenters. The molecule has 1 aromatic heterocycles. The van der Waals surface area contributed by atoms with Crippen molar-refractivity contribution in [1.82, 2.24) is 19.6 Å². The highest BCUT2D eigenvalue weighted by Gasteiger charge is 2.47. The molecule has 0 aliphatic carbocycles. The van der Waals surface area contributed by atoms with E-state index in [0.29, 0.717) is 26.2 Å². The van der Waals surface area contributed by atoms with Crippen molar-refractivity contribution in [1.29, 1.82) is 0 Å². The average molecular weight is 484 g/mol. The van der Waals surface area contributed by atoms with Gasteiger partial charge >= 0.3 is 6.18 Å². The van der Waals surface area contributed by atoms with Crippen LogP contribution in [0.2, 0.25) is 0 Å². The van der Waals surface area contributed by atoms with Gasteiger partial charge in [-0.25, -0.2) is 4.68 Å². The van der Waals surface area contributed by atoms with E-state index in [1.165, 1.54) is 11.6 Å². The summed E-state index contributed by atoms with van der Waals surface area (Å²) in [4.78, 5) is 17.1. The van der Waals surface area contributed by atoms with E-state index in [4.69, 9.17) is 0 Å². The maximum atomic E-state index is 14.0. The fourth-order valence-corrected chi connectivity index (χ4v) is 4.81. The zero-order chi connectivity index (χ0) is 24.6. The lowest BCUT2D eigenvalue weighted by atomic mass is 9.96. The lowest BCUT2D eigenvalue weighted by Gasteiger charge is -2.34. The molecule has 0 saturated carbocycles. The molecule has 3 aromatic rings. The maximum Gasteiger partial charge on any atom is 0.410 e. The normalized spacial score (nSPS) is 20.9. The first-order valence-corrected chi connectivity index (χ1v) is 11.8. The fourth-order valence-electron chi connectivity index (χ4n) is 4.81. The number of piperazine rings is 1. The van der Waals surface area contributed by atoms with Gasteiger partial charge in [-0.2, -0.15) is 18.3 Å². The number of rotatable bonds is 4. The molecule has 6 nitrogen and oxygen atoms in total. The number of halogens is 3. The van der Waals surface area contributed by atoms with Crippen LogP contribution in [-0.4, -0.2) is 57.8 Å². The minimum atomic E-state index is -4.48. The largest absolute Gasteiger partial charge is 0.410 e. The molecular formula is C26H28F3N5O. The number of amides is 1. The van der Waals surface area contributed by atoms with Gasteiger partial charge < -0.3 is 10.2 Å². The van der Waals surface area contributed by atoms with E-state index in [-0.39, 0.29) is 23.8 Å². The number of carbonyl (C=O) groups is 1. The molecule has 1 amide bonds. The second-order valence-electron chi connectivity index (χ2n) is 9.31. The van der Waals surface area contributed by atoms with E-state index in [2.05, 4.69) is 27.4 Å². The van der Waals surface area contributed by atoms with Gasteiger partial charge in [-0.15, -0.1) is 0 Å². The zero-order valence-electron chi connectivity index (χ0n) is 19.5. The number of nitrogens with one attached hydrogen (secondary N) is 1. The molecule has 2 aliphatic rings. The highest BCUT2D eigenvalue weighted by molar-refractivity contribution is 5.93. The number of alkyl halides is 3. The van der Waals surface area contributed by atoms with Gasteiger partial charge in [-0.3, -0.25) is 9.69 Å². The van der Waals surface area contributed by atoms with Crippen molar-refractivity contribution in [2.24, 2.45) is 0 Å². The van der Waals surface area contributed by atoms with Gasteiger partial charge in [-0.1, -0.05) is 60.2 Å². The molecule has 2 atom stereocenters. The molecule has 1 saturated heterocycles. The van der Waals surface area contributed by atoms with Crippen molar-refractivity contribution in [2.45, 2.75) is 38.1 Å². The molecule has 0 spiro atoms. The fraction of sp³-hybridized carbons (Fsp3) is 0.385. The molecule has 35 heavy (non-hydrogen) atoms. The van der Waals surface area contributed by atoms with Crippen molar-refractivity contribution in [3.63, 3.8) is 0 Å². The number of nitrogens with zero attached hydrogens (tertiary/aromatic N) is 4. The average Bonchev–Trinajstić information content (AvgIpc) is 3.28. The van der Waals surface area contributed by atoms with Crippen LogP contribution in [0.4, 0.5) is 19.0 Å². The number of hydrogen-bond donors (Lipinski definition) is 1. The Morgan fingerprint density at radius 1 is 1.03 bits per heavy atom. The van der Waals surface area contributed by atoms with Crippen molar-refractivity contribution in [2.75, 3.05) is 31.5 Å². The van der Waals surface area contributed by atoms with Crippen molar-refractivity contribution in [3.05, 3.63) is 83.0 Å². The lowest BCUT2D eigenvalue weighted by molar-refractivity contribution is -0.173. The molecule has 5 rings (SSSR count). The Morgan fingerprint density at radius 2 is 1.71 bits per heavy atom. The monoisotopic (exact) mass is 483 g/mol. The topological polar surface area (TPSA) is 53.4 Å². The first-order valence-electron chi connectivity index (χ1n) is 11.8. The van der Waals surface area contributed by atoms with E-state index in [1.807, 2.05) is 49.4 Å². The highest BCUT2D eigenvalue weighted by atomic mass is 19.4. The summed E-state index contributed by atoms with van der Waals surface area (Å²) < 4.78 is 42.8. The number of aromatic nitrogens is 2. The summed E-state index contributed by atoms with van der Waals surface area (Å²) in [6.07, 6.45) is -4.66. The number of hydrogen-bond acceptors (Lipinski definition) is 4. The summed E-state index contributed by atoms with van der Waals surface area (Å²) in [7, 11) is 0. The van der Waals surface area contributed by atoms with Crippen LogP contribution >= 0.6 is 0 Å². The van der Waals surface area contributed by atoms with Gasteiger partial charge in [0.25, 0.3) is 5.91 Å². The quantitative estimate of drug-likeness (QED) is 0.579. The third-order valence-electron chi connectivity index (χ3n) is 6.80. The Morgan fingerprint density at radius 3 is 2.37 bits per heavy atom. The third-order valence-corrected chi connectivity index (χ3v) is 6.80. The van der Waals surface area contributed by atoms with E-state index in [0.717, 1.165) is 22.4 Å². The van der Waals surface area contributed by atoms with Crippen LogP contribution in [0, 0.1) is 6.92 Å². The lowest BCUT2D eigenvalue weighted by Crippen LogP contribution is -2.48. The first-order chi connectivity index (χ1) is 16.8. The molecule has 1 N–H and O–H groups in total. The highest BCUT2D eigenvalue weighted by Crippen LogP contribution is 2.43. The molecule has 1 fully saturated rings. The SMILES string of the molecule is Cc1ccc([C@H]2C[C@H](C(F)(F)F)n3nc(C(=O)N4CCN(Cc5ccccc5)CC4)cc3N2)cc1. The number of fused-ring (bicyclic) bond motifs is 1. The van der Waals surface area contributed by atoms with Crippen LogP contribution in [0.15, 0.2) is 60.7 Å². The van der Waals surface area contributed by atoms with Crippen molar-refractivity contribution >= 4 is 11.7 Å². The summed E-state index contributed by atoms with van der Waals surface area (Å²) in [5.74, 6) is -0.115. The van der Waals surface area contributed by atoms with Gasteiger partial charge in [-0.05, 0) is 18.1 Å². The van der Waals surface area contributed by atoms with Crippen molar-refractivity contribution in [3.8, 4) is 0 Å². The number of benzene rings is 2. The summed E-state index contributed by atoms with van der Waals surface area (Å²) in [6.45, 7) is 5.16.